The third kappa shape index (κ3) is 3.60. The second kappa shape index (κ2) is 6.08. The number of nitrogens with one attached hydrogen (secondary N) is 1. The van der Waals surface area contributed by atoms with Crippen LogP contribution in [0.2, 0.25) is 0 Å². The van der Waals surface area contributed by atoms with Gasteiger partial charge in [-0.05, 0) is 23.8 Å². The van der Waals surface area contributed by atoms with Crippen LogP contribution in [0.1, 0.15) is 38.7 Å². The highest BCUT2D eigenvalue weighted by atomic mass is 16.1. The molecule has 0 bridgehead atoms. The molecule has 0 saturated heterocycles. The molecule has 2 rings (SSSR count). The lowest BCUT2D eigenvalue weighted by Gasteiger charge is -2.32. The quantitative estimate of drug-likeness (QED) is 0.819. The van der Waals surface area contributed by atoms with Crippen molar-refractivity contribution < 1.29 is 4.79 Å². The van der Waals surface area contributed by atoms with Gasteiger partial charge in [-0.1, -0.05) is 50.3 Å². The zero-order chi connectivity index (χ0) is 14.6. The van der Waals surface area contributed by atoms with Gasteiger partial charge in [0.1, 0.15) is 0 Å². The first kappa shape index (κ1) is 14.6. The topological polar surface area (TPSA) is 29.1 Å². The first-order chi connectivity index (χ1) is 9.52. The zero-order valence-electron chi connectivity index (χ0n) is 12.4. The van der Waals surface area contributed by atoms with Crippen LogP contribution in [0.15, 0.2) is 54.3 Å². The van der Waals surface area contributed by atoms with E-state index >= 15 is 0 Å². The highest BCUT2D eigenvalue weighted by Gasteiger charge is 2.32. The monoisotopic (exact) mass is 269 g/mol. The Morgan fingerprint density at radius 3 is 2.60 bits per heavy atom. The molecule has 0 amide bonds. The van der Waals surface area contributed by atoms with Gasteiger partial charge in [-0.15, -0.1) is 6.58 Å². The van der Waals surface area contributed by atoms with E-state index in [0.29, 0.717) is 12.8 Å². The van der Waals surface area contributed by atoms with Crippen molar-refractivity contribution in [3.05, 3.63) is 59.8 Å². The normalized spacial score (nSPS) is 18.0. The first-order valence-electron chi connectivity index (χ1n) is 7.16. The summed E-state index contributed by atoms with van der Waals surface area (Å²) in [6.45, 7) is 8.83. The van der Waals surface area contributed by atoms with Crippen molar-refractivity contribution in [3.8, 4) is 0 Å². The minimum absolute atomic E-state index is 0.0424. The molecular formula is C18H23NO. The average molecular weight is 269 g/mol. The van der Waals surface area contributed by atoms with Crippen LogP contribution in [0.3, 0.4) is 0 Å². The number of allylic oxidation sites excluding steroid dienone is 3. The summed E-state index contributed by atoms with van der Waals surface area (Å²) in [7, 11) is 0. The Balaban J connectivity index is 2.17. The number of Topliss-reactive ketones (excluding diaryl/α,β-unsaturated/α-hetero) is 1. The van der Waals surface area contributed by atoms with Crippen LogP contribution in [0.5, 0.6) is 0 Å². The van der Waals surface area contributed by atoms with E-state index in [0.717, 1.165) is 24.2 Å². The Labute approximate surface area is 121 Å². The fourth-order valence-corrected chi connectivity index (χ4v) is 2.71. The summed E-state index contributed by atoms with van der Waals surface area (Å²) in [5.74, 6) is 0.261. The smallest absolute Gasteiger partial charge is 0.161 e. The fraction of sp³-hybridized carbons (Fsp3) is 0.389. The van der Waals surface area contributed by atoms with Gasteiger partial charge in [-0.25, -0.2) is 0 Å². The molecule has 2 nitrogen and oxygen atoms in total. The number of rotatable bonds is 5. The van der Waals surface area contributed by atoms with E-state index in [2.05, 4.69) is 37.9 Å². The molecule has 20 heavy (non-hydrogen) atoms. The number of hydrogen-bond donors (Lipinski definition) is 1. The summed E-state index contributed by atoms with van der Waals surface area (Å²) >= 11 is 0. The summed E-state index contributed by atoms with van der Waals surface area (Å²) in [6.07, 6.45) is 4.03. The third-order valence-corrected chi connectivity index (χ3v) is 3.69. The molecule has 1 aromatic carbocycles. The molecule has 0 saturated carbocycles. The predicted octanol–water partition coefficient (Wildman–Crippen LogP) is 4.00. The van der Waals surface area contributed by atoms with E-state index in [1.54, 1.807) is 0 Å². The summed E-state index contributed by atoms with van der Waals surface area (Å²) < 4.78 is 0. The molecule has 0 heterocycles. The van der Waals surface area contributed by atoms with Gasteiger partial charge in [-0.3, -0.25) is 4.79 Å². The van der Waals surface area contributed by atoms with Gasteiger partial charge >= 0.3 is 0 Å². The van der Waals surface area contributed by atoms with Gasteiger partial charge in [0.2, 0.25) is 0 Å². The number of carbonyl (C=O) groups is 1. The zero-order valence-corrected chi connectivity index (χ0v) is 12.4. The highest BCUT2D eigenvalue weighted by molar-refractivity contribution is 5.97. The van der Waals surface area contributed by atoms with Crippen LogP contribution in [-0.2, 0) is 11.3 Å². The van der Waals surface area contributed by atoms with E-state index in [1.807, 2.05) is 24.3 Å². The van der Waals surface area contributed by atoms with Gasteiger partial charge in [0.05, 0.1) is 0 Å². The van der Waals surface area contributed by atoms with Crippen molar-refractivity contribution in [2.45, 2.75) is 39.7 Å². The van der Waals surface area contributed by atoms with E-state index in [4.69, 9.17) is 0 Å². The van der Waals surface area contributed by atoms with E-state index in [1.165, 1.54) is 5.56 Å². The maximum Gasteiger partial charge on any atom is 0.161 e. The van der Waals surface area contributed by atoms with Crippen molar-refractivity contribution in [2.75, 3.05) is 0 Å². The second-order valence-electron chi connectivity index (χ2n) is 6.23. The molecule has 1 N–H and O–H groups in total. The Kier molecular flexibility index (Phi) is 4.43. The Morgan fingerprint density at radius 2 is 1.95 bits per heavy atom. The van der Waals surface area contributed by atoms with Crippen LogP contribution in [-0.4, -0.2) is 5.78 Å². The summed E-state index contributed by atoms with van der Waals surface area (Å²) in [4.78, 5) is 12.3. The molecule has 1 aliphatic carbocycles. The molecule has 0 fully saturated rings. The van der Waals surface area contributed by atoms with Gasteiger partial charge in [0.25, 0.3) is 0 Å². The Hall–Kier alpha value is -1.83. The number of benzene rings is 1. The molecule has 0 aliphatic heterocycles. The van der Waals surface area contributed by atoms with Crippen molar-refractivity contribution >= 4 is 5.78 Å². The lowest BCUT2D eigenvalue weighted by atomic mass is 9.75. The second-order valence-corrected chi connectivity index (χ2v) is 6.23. The van der Waals surface area contributed by atoms with Crippen LogP contribution in [0.4, 0.5) is 0 Å². The van der Waals surface area contributed by atoms with Gasteiger partial charge in [0.15, 0.2) is 5.78 Å². The van der Waals surface area contributed by atoms with E-state index in [-0.39, 0.29) is 11.2 Å². The van der Waals surface area contributed by atoms with Crippen LogP contribution < -0.4 is 5.32 Å². The number of hydrogen-bond acceptors (Lipinski definition) is 2. The Bertz CT molecular complexity index is 526. The molecule has 0 radical (unpaired) electrons. The van der Waals surface area contributed by atoms with E-state index < -0.39 is 0 Å². The lowest BCUT2D eigenvalue weighted by molar-refractivity contribution is -0.118. The van der Waals surface area contributed by atoms with Gasteiger partial charge in [0, 0.05) is 24.2 Å². The molecule has 2 heteroatoms. The summed E-state index contributed by atoms with van der Waals surface area (Å²) in [6, 6.07) is 10.3. The van der Waals surface area contributed by atoms with E-state index in [9.17, 15) is 4.79 Å². The third-order valence-electron chi connectivity index (χ3n) is 3.69. The van der Waals surface area contributed by atoms with Crippen molar-refractivity contribution in [3.63, 3.8) is 0 Å². The maximum absolute atomic E-state index is 12.3. The van der Waals surface area contributed by atoms with Gasteiger partial charge in [-0.2, -0.15) is 0 Å². The van der Waals surface area contributed by atoms with Crippen LogP contribution in [0, 0.1) is 5.41 Å². The summed E-state index contributed by atoms with van der Waals surface area (Å²) in [5.41, 5.74) is 3.28. The Morgan fingerprint density at radius 1 is 1.25 bits per heavy atom. The predicted molar refractivity (Wildman–Crippen MR) is 83.1 cm³/mol. The fourth-order valence-electron chi connectivity index (χ4n) is 2.71. The molecule has 106 valence electrons. The lowest BCUT2D eigenvalue weighted by Crippen LogP contribution is -2.31. The molecule has 0 unspecified atom stereocenters. The number of ketones is 1. The standard InChI is InChI=1S/C18H23NO/c1-4-8-15-16(11-18(2,3)12-17(15)20)19-13-14-9-6-5-7-10-14/h4-7,9-10,19H,1,8,11-13H2,2-3H3. The minimum Gasteiger partial charge on any atom is -0.384 e. The van der Waals surface area contributed by atoms with Crippen LogP contribution in [0.25, 0.3) is 0 Å². The van der Waals surface area contributed by atoms with Crippen molar-refractivity contribution in [2.24, 2.45) is 5.41 Å². The first-order valence-corrected chi connectivity index (χ1v) is 7.16. The minimum atomic E-state index is 0.0424. The van der Waals surface area contributed by atoms with Crippen molar-refractivity contribution in [1.29, 1.82) is 0 Å². The molecular weight excluding hydrogens is 246 g/mol. The van der Waals surface area contributed by atoms with Gasteiger partial charge < -0.3 is 5.32 Å². The van der Waals surface area contributed by atoms with Crippen LogP contribution >= 0.6 is 0 Å². The number of carbonyl (C=O) groups excluding carboxylic acids is 1. The SMILES string of the molecule is C=CCC1=C(NCc2ccccc2)CC(C)(C)CC1=O. The van der Waals surface area contributed by atoms with Crippen molar-refractivity contribution in [1.82, 2.24) is 5.32 Å². The maximum atomic E-state index is 12.3. The molecule has 0 atom stereocenters. The average Bonchev–Trinajstić information content (AvgIpc) is 2.40. The largest absolute Gasteiger partial charge is 0.384 e. The molecule has 1 aromatic rings. The molecule has 0 aromatic heterocycles. The summed E-state index contributed by atoms with van der Waals surface area (Å²) in [5, 5.41) is 3.47. The molecule has 0 spiro atoms. The highest BCUT2D eigenvalue weighted by Crippen LogP contribution is 2.36. The molecule has 1 aliphatic rings.